The van der Waals surface area contributed by atoms with Gasteiger partial charge in [-0.05, 0) is 26.7 Å². The number of nitrogens with two attached hydrogens (primary N) is 1. The molecule has 0 aliphatic heterocycles. The van der Waals surface area contributed by atoms with Crippen molar-refractivity contribution in [2.75, 3.05) is 18.4 Å². The van der Waals surface area contributed by atoms with Gasteiger partial charge in [0, 0.05) is 13.1 Å². The number of aromatic nitrogens is 2. The number of nitrogens with zero attached hydrogens (tertiary/aromatic N) is 2. The van der Waals surface area contributed by atoms with Gasteiger partial charge in [0.1, 0.15) is 0 Å². The first-order chi connectivity index (χ1) is 8.24. The molecule has 1 saturated carbocycles. The monoisotopic (exact) mass is 236 g/mol. The molecule has 17 heavy (non-hydrogen) atoms. The van der Waals surface area contributed by atoms with E-state index in [0.29, 0.717) is 12.6 Å². The third-order valence-electron chi connectivity index (χ3n) is 3.69. The molecule has 0 spiro atoms. The van der Waals surface area contributed by atoms with Crippen molar-refractivity contribution < 1.29 is 0 Å². The first kappa shape index (κ1) is 12.4. The van der Waals surface area contributed by atoms with Crippen molar-refractivity contribution >= 4 is 5.69 Å². The molecule has 0 aromatic carbocycles. The van der Waals surface area contributed by atoms with E-state index in [9.17, 15) is 0 Å². The van der Waals surface area contributed by atoms with Gasteiger partial charge in [0.05, 0.1) is 23.1 Å². The Kier molecular flexibility index (Phi) is 4.05. The summed E-state index contributed by atoms with van der Waals surface area (Å²) in [5.74, 6) is 0. The third-order valence-corrected chi connectivity index (χ3v) is 3.69. The summed E-state index contributed by atoms with van der Waals surface area (Å²) in [5, 5.41) is 8.08. The lowest BCUT2D eigenvalue weighted by Gasteiger charge is -2.23. The van der Waals surface area contributed by atoms with Crippen LogP contribution in [0.3, 0.4) is 0 Å². The summed E-state index contributed by atoms with van der Waals surface area (Å²) < 4.78 is 2.23. The molecule has 1 heterocycles. The summed E-state index contributed by atoms with van der Waals surface area (Å²) in [5.41, 5.74) is 9.08. The van der Waals surface area contributed by atoms with Gasteiger partial charge in [-0.2, -0.15) is 5.10 Å². The lowest BCUT2D eigenvalue weighted by Crippen LogP contribution is -2.16. The summed E-state index contributed by atoms with van der Waals surface area (Å²) in [6.07, 6.45) is 6.62. The molecule has 3 N–H and O–H groups in total. The fourth-order valence-electron chi connectivity index (χ4n) is 2.80. The highest BCUT2D eigenvalue weighted by Crippen LogP contribution is 2.31. The van der Waals surface area contributed by atoms with Crippen molar-refractivity contribution in [2.45, 2.75) is 52.0 Å². The number of nitrogens with one attached hydrogen (secondary N) is 1. The average molecular weight is 236 g/mol. The van der Waals surface area contributed by atoms with E-state index in [-0.39, 0.29) is 0 Å². The van der Waals surface area contributed by atoms with Crippen LogP contribution in [0.2, 0.25) is 0 Å². The zero-order chi connectivity index (χ0) is 12.3. The normalized spacial score (nSPS) is 17.4. The Hall–Kier alpha value is -1.03. The first-order valence-corrected chi connectivity index (χ1v) is 6.73. The Balaban J connectivity index is 2.17. The topological polar surface area (TPSA) is 55.9 Å². The molecule has 1 aromatic rings. The van der Waals surface area contributed by atoms with Gasteiger partial charge in [0.25, 0.3) is 0 Å². The van der Waals surface area contributed by atoms with Crippen LogP contribution in [0.1, 0.15) is 49.5 Å². The summed E-state index contributed by atoms with van der Waals surface area (Å²) in [6.45, 7) is 5.71. The highest BCUT2D eigenvalue weighted by molar-refractivity contribution is 5.52. The van der Waals surface area contributed by atoms with Crippen molar-refractivity contribution in [3.63, 3.8) is 0 Å². The molecule has 0 amide bonds. The molecule has 2 rings (SSSR count). The van der Waals surface area contributed by atoms with E-state index in [2.05, 4.69) is 23.8 Å². The van der Waals surface area contributed by atoms with Gasteiger partial charge in [-0.25, -0.2) is 0 Å². The third kappa shape index (κ3) is 2.63. The van der Waals surface area contributed by atoms with Crippen molar-refractivity contribution in [1.82, 2.24) is 9.78 Å². The van der Waals surface area contributed by atoms with Crippen LogP contribution in [-0.2, 0) is 0 Å². The lowest BCUT2D eigenvalue weighted by molar-refractivity contribution is 0.324. The van der Waals surface area contributed by atoms with E-state index in [1.165, 1.54) is 43.5 Å². The zero-order valence-corrected chi connectivity index (χ0v) is 11.0. The van der Waals surface area contributed by atoms with E-state index >= 15 is 0 Å². The molecule has 1 aliphatic carbocycles. The Labute approximate surface area is 104 Å². The zero-order valence-electron chi connectivity index (χ0n) is 11.0. The van der Waals surface area contributed by atoms with E-state index in [0.717, 1.165) is 12.2 Å². The lowest BCUT2D eigenvalue weighted by atomic mass is 9.95. The summed E-state index contributed by atoms with van der Waals surface area (Å²) in [6, 6.07) is 0.607. The van der Waals surface area contributed by atoms with Crippen LogP contribution in [0.5, 0.6) is 0 Å². The van der Waals surface area contributed by atoms with Gasteiger partial charge in [0.2, 0.25) is 0 Å². The van der Waals surface area contributed by atoms with Crippen molar-refractivity contribution in [3.8, 4) is 0 Å². The van der Waals surface area contributed by atoms with Gasteiger partial charge >= 0.3 is 0 Å². The van der Waals surface area contributed by atoms with Gasteiger partial charge in [0.15, 0.2) is 0 Å². The van der Waals surface area contributed by atoms with Crippen LogP contribution < -0.4 is 11.1 Å². The molecule has 1 aliphatic rings. The molecule has 0 radical (unpaired) electrons. The summed E-state index contributed by atoms with van der Waals surface area (Å²) >= 11 is 0. The van der Waals surface area contributed by atoms with Crippen LogP contribution in [0.15, 0.2) is 0 Å². The highest BCUT2D eigenvalue weighted by atomic mass is 15.3. The van der Waals surface area contributed by atoms with E-state index in [1.807, 2.05) is 0 Å². The molecule has 4 heteroatoms. The minimum atomic E-state index is 0.607. The fraction of sp³-hybridized carbons (Fsp3) is 0.769. The second-order valence-corrected chi connectivity index (χ2v) is 5.00. The summed E-state index contributed by atoms with van der Waals surface area (Å²) in [4.78, 5) is 0. The summed E-state index contributed by atoms with van der Waals surface area (Å²) in [7, 11) is 0. The fourth-order valence-corrected chi connectivity index (χ4v) is 2.80. The van der Waals surface area contributed by atoms with Crippen LogP contribution >= 0.6 is 0 Å². The molecule has 1 fully saturated rings. The van der Waals surface area contributed by atoms with Gasteiger partial charge in [-0.1, -0.05) is 19.3 Å². The Bertz CT molecular complexity index is 364. The van der Waals surface area contributed by atoms with Crippen molar-refractivity contribution in [1.29, 1.82) is 0 Å². The minimum absolute atomic E-state index is 0.607. The molecule has 0 unspecified atom stereocenters. The number of aryl methyl sites for hydroxylation is 1. The number of rotatable bonds is 4. The van der Waals surface area contributed by atoms with Crippen molar-refractivity contribution in [3.05, 3.63) is 11.4 Å². The van der Waals surface area contributed by atoms with E-state index in [4.69, 9.17) is 10.8 Å². The number of hydrogen-bond acceptors (Lipinski definition) is 3. The molecule has 0 atom stereocenters. The van der Waals surface area contributed by atoms with E-state index in [1.54, 1.807) is 0 Å². The average Bonchev–Trinajstić information content (AvgIpc) is 2.64. The molecule has 4 nitrogen and oxygen atoms in total. The Morgan fingerprint density at radius 1 is 1.29 bits per heavy atom. The maximum absolute atomic E-state index is 5.54. The molecule has 96 valence electrons. The molecular weight excluding hydrogens is 212 g/mol. The second-order valence-electron chi connectivity index (χ2n) is 5.00. The maximum atomic E-state index is 5.54. The number of anilines is 1. The molecule has 1 aromatic heterocycles. The van der Waals surface area contributed by atoms with Crippen LogP contribution in [0.4, 0.5) is 5.69 Å². The van der Waals surface area contributed by atoms with Gasteiger partial charge in [-0.3, -0.25) is 4.68 Å². The Morgan fingerprint density at radius 3 is 2.65 bits per heavy atom. The van der Waals surface area contributed by atoms with Gasteiger partial charge in [-0.15, -0.1) is 0 Å². The van der Waals surface area contributed by atoms with E-state index < -0.39 is 0 Å². The van der Waals surface area contributed by atoms with Crippen LogP contribution in [0.25, 0.3) is 0 Å². The second kappa shape index (κ2) is 5.54. The molecular formula is C13H24N4. The number of hydrogen-bond donors (Lipinski definition) is 2. The maximum Gasteiger partial charge on any atom is 0.0828 e. The standard InChI is InChI=1S/C13H24N4/c1-10-13(15-9-8-14)11(2)17(16-10)12-6-4-3-5-7-12/h12,15H,3-9,14H2,1-2H3. The molecule has 0 bridgehead atoms. The van der Waals surface area contributed by atoms with Crippen LogP contribution in [-0.4, -0.2) is 22.9 Å². The van der Waals surface area contributed by atoms with Gasteiger partial charge < -0.3 is 11.1 Å². The first-order valence-electron chi connectivity index (χ1n) is 6.73. The highest BCUT2D eigenvalue weighted by Gasteiger charge is 2.20. The SMILES string of the molecule is Cc1nn(C2CCCCC2)c(C)c1NCCN. The van der Waals surface area contributed by atoms with Crippen molar-refractivity contribution in [2.24, 2.45) is 5.73 Å². The largest absolute Gasteiger partial charge is 0.381 e. The smallest absolute Gasteiger partial charge is 0.0828 e. The quantitative estimate of drug-likeness (QED) is 0.844. The predicted octanol–water partition coefficient (Wildman–Crippen LogP) is 2.38. The minimum Gasteiger partial charge on any atom is -0.381 e. The molecule has 0 saturated heterocycles. The van der Waals surface area contributed by atoms with Crippen LogP contribution in [0, 0.1) is 13.8 Å². The Morgan fingerprint density at radius 2 is 2.00 bits per heavy atom. The predicted molar refractivity (Wildman–Crippen MR) is 71.4 cm³/mol.